The quantitative estimate of drug-likeness (QED) is 0.818. The van der Waals surface area contributed by atoms with Crippen LogP contribution in [0.15, 0.2) is 5.38 Å². The van der Waals surface area contributed by atoms with Crippen molar-refractivity contribution in [2.24, 2.45) is 0 Å². The lowest BCUT2D eigenvalue weighted by atomic mass is 10.2. The Morgan fingerprint density at radius 1 is 1.64 bits per heavy atom. The highest BCUT2D eigenvalue weighted by molar-refractivity contribution is 7.09. The zero-order valence-electron chi connectivity index (χ0n) is 9.20. The summed E-state index contributed by atoms with van der Waals surface area (Å²) >= 11 is 1.67. The zero-order chi connectivity index (χ0) is 10.6. The number of hydrogen-bond acceptors (Lipinski definition) is 4. The van der Waals surface area contributed by atoms with Crippen LogP contribution >= 0.6 is 11.3 Å². The van der Waals surface area contributed by atoms with Crippen LogP contribution in [-0.2, 0) is 4.74 Å². The van der Waals surface area contributed by atoms with E-state index < -0.39 is 0 Å². The van der Waals surface area contributed by atoms with E-state index in [9.17, 15) is 0 Å². The number of ether oxygens (including phenoxy) is 1. The summed E-state index contributed by atoms with van der Waals surface area (Å²) in [5.41, 5.74) is 1.12. The van der Waals surface area contributed by atoms with Crippen LogP contribution in [0.4, 0.5) is 0 Å². The molecular formula is C10H18N2OS. The van der Waals surface area contributed by atoms with Crippen LogP contribution in [-0.4, -0.2) is 19.1 Å². The third-order valence-electron chi connectivity index (χ3n) is 2.35. The molecule has 1 rings (SSSR count). The Morgan fingerprint density at radius 2 is 2.36 bits per heavy atom. The van der Waals surface area contributed by atoms with Gasteiger partial charge in [0, 0.05) is 18.5 Å². The first kappa shape index (κ1) is 11.6. The van der Waals surface area contributed by atoms with Crippen LogP contribution in [0.3, 0.4) is 0 Å². The Balaban J connectivity index is 2.76. The fraction of sp³-hybridized carbons (Fsp3) is 0.700. The van der Waals surface area contributed by atoms with Crippen molar-refractivity contribution in [3.05, 3.63) is 16.1 Å². The van der Waals surface area contributed by atoms with Gasteiger partial charge in [0.25, 0.3) is 0 Å². The molecule has 0 spiro atoms. The summed E-state index contributed by atoms with van der Waals surface area (Å²) in [5.74, 6) is 0. The SMILES string of the molecule is CCC(NC)c1csc(C(C)OC)n1. The van der Waals surface area contributed by atoms with Crippen molar-refractivity contribution in [1.82, 2.24) is 10.3 Å². The zero-order valence-corrected chi connectivity index (χ0v) is 10.0. The average molecular weight is 214 g/mol. The van der Waals surface area contributed by atoms with Gasteiger partial charge in [-0.25, -0.2) is 4.98 Å². The minimum absolute atomic E-state index is 0.100. The molecule has 2 unspecified atom stereocenters. The van der Waals surface area contributed by atoms with Gasteiger partial charge >= 0.3 is 0 Å². The summed E-state index contributed by atoms with van der Waals surface area (Å²) in [4.78, 5) is 4.55. The van der Waals surface area contributed by atoms with E-state index in [0.717, 1.165) is 17.1 Å². The van der Waals surface area contributed by atoms with E-state index in [-0.39, 0.29) is 6.10 Å². The number of nitrogens with zero attached hydrogens (tertiary/aromatic N) is 1. The van der Waals surface area contributed by atoms with Gasteiger partial charge in [-0.3, -0.25) is 0 Å². The van der Waals surface area contributed by atoms with Gasteiger partial charge in [-0.2, -0.15) is 0 Å². The molecular weight excluding hydrogens is 196 g/mol. The first-order chi connectivity index (χ1) is 6.72. The third-order valence-corrected chi connectivity index (χ3v) is 3.38. The third kappa shape index (κ3) is 2.53. The maximum atomic E-state index is 5.22. The highest BCUT2D eigenvalue weighted by atomic mass is 32.1. The second kappa shape index (κ2) is 5.44. The number of hydrogen-bond donors (Lipinski definition) is 1. The second-order valence-corrected chi connectivity index (χ2v) is 4.13. The van der Waals surface area contributed by atoms with Crippen LogP contribution in [0.1, 0.15) is 43.1 Å². The van der Waals surface area contributed by atoms with Crippen molar-refractivity contribution in [3.8, 4) is 0 Å². The summed E-state index contributed by atoms with van der Waals surface area (Å²) in [7, 11) is 3.67. The first-order valence-corrected chi connectivity index (χ1v) is 5.76. The van der Waals surface area contributed by atoms with Gasteiger partial charge in [0.2, 0.25) is 0 Å². The largest absolute Gasteiger partial charge is 0.375 e. The molecule has 0 aliphatic heterocycles. The van der Waals surface area contributed by atoms with Crippen molar-refractivity contribution in [3.63, 3.8) is 0 Å². The van der Waals surface area contributed by atoms with Crippen molar-refractivity contribution in [2.45, 2.75) is 32.4 Å². The maximum Gasteiger partial charge on any atom is 0.122 e. The molecule has 0 aliphatic carbocycles. The fourth-order valence-electron chi connectivity index (χ4n) is 1.31. The van der Waals surface area contributed by atoms with E-state index in [0.29, 0.717) is 6.04 Å². The summed E-state index contributed by atoms with van der Waals surface area (Å²) in [6.07, 6.45) is 1.16. The molecule has 14 heavy (non-hydrogen) atoms. The number of aromatic nitrogens is 1. The summed E-state index contributed by atoms with van der Waals surface area (Å²) in [6, 6.07) is 0.365. The molecule has 1 heterocycles. The van der Waals surface area contributed by atoms with Gasteiger partial charge in [0.15, 0.2) is 0 Å². The molecule has 0 aliphatic rings. The van der Waals surface area contributed by atoms with Crippen LogP contribution in [0.2, 0.25) is 0 Å². The van der Waals surface area contributed by atoms with Crippen LogP contribution in [0.5, 0.6) is 0 Å². The van der Waals surface area contributed by atoms with Gasteiger partial charge < -0.3 is 10.1 Å². The Kier molecular flexibility index (Phi) is 4.51. The van der Waals surface area contributed by atoms with Gasteiger partial charge in [-0.1, -0.05) is 6.92 Å². The number of methoxy groups -OCH3 is 1. The predicted molar refractivity (Wildman–Crippen MR) is 59.6 cm³/mol. The van der Waals surface area contributed by atoms with Crippen molar-refractivity contribution in [2.75, 3.05) is 14.2 Å². The molecule has 2 atom stereocenters. The summed E-state index contributed by atoms with van der Waals surface area (Å²) < 4.78 is 5.22. The fourth-order valence-corrected chi connectivity index (χ4v) is 2.21. The second-order valence-electron chi connectivity index (χ2n) is 3.24. The summed E-state index contributed by atoms with van der Waals surface area (Å²) in [5, 5.41) is 6.40. The van der Waals surface area contributed by atoms with E-state index >= 15 is 0 Å². The van der Waals surface area contributed by atoms with Crippen LogP contribution in [0, 0.1) is 0 Å². The number of rotatable bonds is 5. The average Bonchev–Trinajstić information content (AvgIpc) is 2.68. The minimum atomic E-state index is 0.100. The maximum absolute atomic E-state index is 5.22. The molecule has 0 radical (unpaired) electrons. The Morgan fingerprint density at radius 3 is 2.86 bits per heavy atom. The molecule has 4 heteroatoms. The Hall–Kier alpha value is -0.450. The van der Waals surface area contributed by atoms with Crippen LogP contribution < -0.4 is 5.32 Å². The summed E-state index contributed by atoms with van der Waals surface area (Å²) in [6.45, 7) is 4.17. The molecule has 1 N–H and O–H groups in total. The van der Waals surface area contributed by atoms with Crippen LogP contribution in [0.25, 0.3) is 0 Å². The Labute approximate surface area is 89.5 Å². The topological polar surface area (TPSA) is 34.1 Å². The Bertz CT molecular complexity index is 271. The lowest BCUT2D eigenvalue weighted by Gasteiger charge is -2.10. The van der Waals surface area contributed by atoms with E-state index in [1.807, 2.05) is 14.0 Å². The lowest BCUT2D eigenvalue weighted by molar-refractivity contribution is 0.119. The molecule has 0 saturated heterocycles. The number of thiazole rings is 1. The minimum Gasteiger partial charge on any atom is -0.375 e. The molecule has 3 nitrogen and oxygen atoms in total. The normalized spacial score (nSPS) is 15.4. The first-order valence-electron chi connectivity index (χ1n) is 4.88. The molecule has 0 bridgehead atoms. The molecule has 0 aromatic carbocycles. The highest BCUT2D eigenvalue weighted by Gasteiger charge is 2.14. The van der Waals surface area contributed by atoms with Crippen molar-refractivity contribution < 1.29 is 4.74 Å². The molecule has 0 saturated carbocycles. The van der Waals surface area contributed by atoms with Crippen molar-refractivity contribution >= 4 is 11.3 Å². The van der Waals surface area contributed by atoms with E-state index in [4.69, 9.17) is 4.74 Å². The van der Waals surface area contributed by atoms with Crippen molar-refractivity contribution in [1.29, 1.82) is 0 Å². The lowest BCUT2D eigenvalue weighted by Crippen LogP contribution is -2.15. The standard InChI is InChI=1S/C10H18N2OS/c1-5-8(11-3)9-6-14-10(12-9)7(2)13-4/h6-8,11H,5H2,1-4H3. The van der Waals surface area contributed by atoms with Gasteiger partial charge in [0.1, 0.15) is 11.1 Å². The van der Waals surface area contributed by atoms with E-state index in [1.54, 1.807) is 18.4 Å². The molecule has 80 valence electrons. The smallest absolute Gasteiger partial charge is 0.122 e. The van der Waals surface area contributed by atoms with Gasteiger partial charge in [0.05, 0.1) is 5.69 Å². The number of nitrogens with one attached hydrogen (secondary N) is 1. The molecule has 1 aromatic heterocycles. The highest BCUT2D eigenvalue weighted by Crippen LogP contribution is 2.24. The van der Waals surface area contributed by atoms with Gasteiger partial charge in [-0.05, 0) is 20.4 Å². The van der Waals surface area contributed by atoms with E-state index in [2.05, 4.69) is 22.6 Å². The predicted octanol–water partition coefficient (Wildman–Crippen LogP) is 2.52. The molecule has 0 fully saturated rings. The van der Waals surface area contributed by atoms with E-state index in [1.165, 1.54) is 0 Å². The monoisotopic (exact) mass is 214 g/mol. The van der Waals surface area contributed by atoms with Gasteiger partial charge in [-0.15, -0.1) is 11.3 Å². The molecule has 0 amide bonds. The molecule has 1 aromatic rings.